The van der Waals surface area contributed by atoms with Gasteiger partial charge in [0.25, 0.3) is 0 Å². The lowest BCUT2D eigenvalue weighted by Gasteiger charge is -2.22. The van der Waals surface area contributed by atoms with Crippen molar-refractivity contribution in [3.63, 3.8) is 0 Å². The zero-order chi connectivity index (χ0) is 47.5. The van der Waals surface area contributed by atoms with Crippen molar-refractivity contribution < 1.29 is 101 Å². The van der Waals surface area contributed by atoms with Gasteiger partial charge in [0, 0.05) is 19.8 Å². The quantitative estimate of drug-likeness (QED) is 0.0390. The molecule has 1 rings (SSSR count). The number of carbonyl (C=O) groups is 3. The maximum absolute atomic E-state index is 10.8. The van der Waals surface area contributed by atoms with Crippen molar-refractivity contribution >= 4 is 33.8 Å². The summed E-state index contributed by atoms with van der Waals surface area (Å²) in [6.07, 6.45) is 5.28. The van der Waals surface area contributed by atoms with E-state index in [9.17, 15) is 14.4 Å². The summed E-state index contributed by atoms with van der Waals surface area (Å²) in [5.74, 6) is -1.51. The maximum atomic E-state index is 10.8. The van der Waals surface area contributed by atoms with Crippen LogP contribution >= 0.6 is 15.9 Å². The Morgan fingerprint density at radius 2 is 0.857 bits per heavy atom. The third-order valence-corrected chi connectivity index (χ3v) is 6.93. The number of aliphatic hydroxyl groups is 3. The highest BCUT2D eigenvalue weighted by molar-refractivity contribution is 9.09. The highest BCUT2D eigenvalue weighted by Gasteiger charge is 2.13. The van der Waals surface area contributed by atoms with E-state index in [1.165, 1.54) is 6.42 Å². The summed E-state index contributed by atoms with van der Waals surface area (Å²) >= 11 is 2.94. The fraction of sp³-hybridized carbons (Fsp3) is 0.927. The molecule has 0 spiro atoms. The molecule has 1 aliphatic rings. The van der Waals surface area contributed by atoms with Crippen LogP contribution in [0.4, 0.5) is 0 Å². The average Bonchev–Trinajstić information content (AvgIpc) is 3.28. The predicted octanol–water partition coefficient (Wildman–Crippen LogP) is 2.04. The minimum absolute atomic E-state index is 0.0104. The van der Waals surface area contributed by atoms with Crippen LogP contribution in [0.5, 0.6) is 0 Å². The number of carboxylic acids is 1. The largest absolute Gasteiger partial charge is 0.480 e. The molecule has 0 aromatic carbocycles. The SMILES string of the molecule is CCCOCCOCCOCC(=O)O.CCCOCCOCCOCC(=O)OCC.CCOC(=O)CBr.OCCOCCOCCO.OCCOCCOCCOC1CCCCO1. The summed E-state index contributed by atoms with van der Waals surface area (Å²) in [5, 5.41) is 33.5. The lowest BCUT2D eigenvalue weighted by molar-refractivity contribution is -0.169. The molecule has 1 atom stereocenters. The van der Waals surface area contributed by atoms with E-state index >= 15 is 0 Å². The van der Waals surface area contributed by atoms with Crippen LogP contribution in [-0.4, -0.2) is 228 Å². The molecule has 0 amide bonds. The van der Waals surface area contributed by atoms with Gasteiger partial charge in [-0.05, 0) is 46.0 Å². The Balaban J connectivity index is -0.000000355. The maximum Gasteiger partial charge on any atom is 0.332 e. The van der Waals surface area contributed by atoms with Gasteiger partial charge in [0.2, 0.25) is 0 Å². The number of esters is 2. The molecule has 1 unspecified atom stereocenters. The molecule has 1 aliphatic heterocycles. The van der Waals surface area contributed by atoms with Crippen molar-refractivity contribution in [3.05, 3.63) is 0 Å². The minimum Gasteiger partial charge on any atom is -0.480 e. The first-order valence-corrected chi connectivity index (χ1v) is 22.8. The Kier molecular flexibility index (Phi) is 69.6. The second kappa shape index (κ2) is 64.6. The van der Waals surface area contributed by atoms with Crippen molar-refractivity contribution in [3.8, 4) is 0 Å². The number of hydrogen-bond acceptors (Lipinski definition) is 20. The second-order valence-electron chi connectivity index (χ2n) is 12.0. The highest BCUT2D eigenvalue weighted by atomic mass is 79.9. The van der Waals surface area contributed by atoms with Crippen LogP contribution in [0.25, 0.3) is 0 Å². The lowest BCUT2D eigenvalue weighted by atomic mass is 10.2. The standard InChI is InChI=1S/2C11H22O5.C9H18O5.C6H14O4.C4H7BrO2/c12-4-6-13-7-8-14-9-10-16-11-3-1-2-5-15-11;1-3-5-13-6-7-14-8-9-15-10-11(12)16-4-2;1-2-3-12-4-5-13-6-7-14-8-9(10)11;7-1-3-9-5-6-10-4-2-8;1-2-7-4(6)3-5/h11-12H,1-10H2;3-10H2,1-2H3;2-8H2,1H3,(H,10,11);7-8H,1-6H2;2-3H2,1H3. The Morgan fingerprint density at radius 1 is 0.492 bits per heavy atom. The summed E-state index contributed by atoms with van der Waals surface area (Å²) in [6, 6.07) is 0. The van der Waals surface area contributed by atoms with Crippen LogP contribution in [0, 0.1) is 0 Å². The number of alkyl halides is 1. The minimum atomic E-state index is -0.962. The van der Waals surface area contributed by atoms with E-state index in [0.717, 1.165) is 45.5 Å². The normalized spacial score (nSPS) is 12.9. The monoisotopic (exact) mass is 990 g/mol. The molecule has 0 bridgehead atoms. The summed E-state index contributed by atoms with van der Waals surface area (Å²) in [7, 11) is 0. The molecule has 0 radical (unpaired) electrons. The average molecular weight is 992 g/mol. The van der Waals surface area contributed by atoms with Crippen molar-refractivity contribution in [2.75, 3.05) is 184 Å². The van der Waals surface area contributed by atoms with Gasteiger partial charge < -0.3 is 86.7 Å². The molecule has 0 saturated carbocycles. The van der Waals surface area contributed by atoms with Crippen LogP contribution in [0.3, 0.4) is 0 Å². The van der Waals surface area contributed by atoms with Crippen LogP contribution in [0.15, 0.2) is 0 Å². The van der Waals surface area contributed by atoms with Crippen molar-refractivity contribution in [1.29, 1.82) is 0 Å². The molecule has 63 heavy (non-hydrogen) atoms. The Bertz CT molecular complexity index is 867. The van der Waals surface area contributed by atoms with Crippen LogP contribution in [0.1, 0.15) is 59.8 Å². The first kappa shape index (κ1) is 67.9. The summed E-state index contributed by atoms with van der Waals surface area (Å²) in [4.78, 5) is 31.0. The van der Waals surface area contributed by atoms with E-state index in [0.29, 0.717) is 131 Å². The first-order valence-electron chi connectivity index (χ1n) is 21.7. The zero-order valence-electron chi connectivity index (χ0n) is 38.5. The van der Waals surface area contributed by atoms with Gasteiger partial charge in [-0.15, -0.1) is 0 Å². The van der Waals surface area contributed by atoms with E-state index in [1.54, 1.807) is 13.8 Å². The molecule has 4 N–H and O–H groups in total. The fourth-order valence-corrected chi connectivity index (χ4v) is 3.97. The molecular formula is C41H83BrO21. The van der Waals surface area contributed by atoms with E-state index in [4.69, 9.17) is 77.3 Å². The third kappa shape index (κ3) is 72.1. The van der Waals surface area contributed by atoms with Crippen molar-refractivity contribution in [1.82, 2.24) is 0 Å². The summed E-state index contributed by atoms with van der Waals surface area (Å²) in [5.41, 5.74) is 0. The van der Waals surface area contributed by atoms with Gasteiger partial charge >= 0.3 is 17.9 Å². The topological polar surface area (TPSA) is 261 Å². The Morgan fingerprint density at radius 3 is 1.19 bits per heavy atom. The van der Waals surface area contributed by atoms with Gasteiger partial charge in [0.05, 0.1) is 145 Å². The van der Waals surface area contributed by atoms with Crippen LogP contribution in [-0.2, 0) is 80.7 Å². The molecule has 1 saturated heterocycles. The molecule has 21 nitrogen and oxygen atoms in total. The van der Waals surface area contributed by atoms with E-state index in [1.807, 2.05) is 6.92 Å². The van der Waals surface area contributed by atoms with Crippen molar-refractivity contribution in [2.24, 2.45) is 0 Å². The molecule has 0 aromatic heterocycles. The van der Waals surface area contributed by atoms with Gasteiger partial charge in [0.1, 0.15) is 18.5 Å². The second-order valence-corrected chi connectivity index (χ2v) is 12.5. The number of halogens is 1. The number of aliphatic hydroxyl groups excluding tert-OH is 3. The smallest absolute Gasteiger partial charge is 0.332 e. The Labute approximate surface area is 383 Å². The summed E-state index contributed by atoms with van der Waals surface area (Å²) < 4.78 is 70.7. The van der Waals surface area contributed by atoms with Gasteiger partial charge in [-0.25, -0.2) is 9.59 Å². The molecule has 1 fully saturated rings. The van der Waals surface area contributed by atoms with Crippen LogP contribution in [0.2, 0.25) is 0 Å². The van der Waals surface area contributed by atoms with Gasteiger partial charge in [-0.2, -0.15) is 0 Å². The number of carbonyl (C=O) groups excluding carboxylic acids is 2. The van der Waals surface area contributed by atoms with E-state index in [-0.39, 0.29) is 51.3 Å². The predicted molar refractivity (Wildman–Crippen MR) is 234 cm³/mol. The molecule has 1 heterocycles. The highest BCUT2D eigenvalue weighted by Crippen LogP contribution is 2.13. The zero-order valence-corrected chi connectivity index (χ0v) is 40.1. The van der Waals surface area contributed by atoms with Crippen molar-refractivity contribution in [2.45, 2.75) is 66.1 Å². The number of hydrogen-bond donors (Lipinski definition) is 4. The fourth-order valence-electron chi connectivity index (χ4n) is 3.80. The number of carboxylic acid groups (broad SMARTS) is 1. The number of aliphatic carboxylic acids is 1. The molecular weight excluding hydrogens is 908 g/mol. The molecule has 0 aliphatic carbocycles. The van der Waals surface area contributed by atoms with E-state index in [2.05, 4.69) is 32.3 Å². The van der Waals surface area contributed by atoms with Crippen LogP contribution < -0.4 is 0 Å². The first-order chi connectivity index (χ1) is 30.7. The lowest BCUT2D eigenvalue weighted by Crippen LogP contribution is -2.24. The van der Waals surface area contributed by atoms with E-state index < -0.39 is 5.97 Å². The molecule has 380 valence electrons. The number of rotatable bonds is 39. The Hall–Kier alpha value is -1.71. The number of ether oxygens (including phenoxy) is 14. The molecule has 0 aromatic rings. The van der Waals surface area contributed by atoms with Gasteiger partial charge in [0.15, 0.2) is 6.29 Å². The summed E-state index contributed by atoms with van der Waals surface area (Å²) in [6.45, 7) is 18.7. The van der Waals surface area contributed by atoms with Gasteiger partial charge in [-0.1, -0.05) is 29.8 Å². The van der Waals surface area contributed by atoms with Gasteiger partial charge in [-0.3, -0.25) is 4.79 Å². The molecule has 22 heteroatoms. The third-order valence-electron chi connectivity index (χ3n) is 6.47.